The van der Waals surface area contributed by atoms with Crippen LogP contribution in [0.5, 0.6) is 0 Å². The van der Waals surface area contributed by atoms with Gasteiger partial charge in [-0.25, -0.2) is 9.97 Å². The van der Waals surface area contributed by atoms with Crippen LogP contribution in [0.15, 0.2) is 12.3 Å². The monoisotopic (exact) mass is 276 g/mol. The number of hydrogen-bond donors (Lipinski definition) is 0. The number of amides is 1. The van der Waals surface area contributed by atoms with Gasteiger partial charge in [-0.1, -0.05) is 27.7 Å². The van der Waals surface area contributed by atoms with E-state index in [1.165, 1.54) is 0 Å². The van der Waals surface area contributed by atoms with Gasteiger partial charge < -0.3 is 9.80 Å². The van der Waals surface area contributed by atoms with Crippen LogP contribution in [0, 0.1) is 5.92 Å². The Morgan fingerprint density at radius 2 is 2.00 bits per heavy atom. The third-order valence-electron chi connectivity index (χ3n) is 3.40. The fourth-order valence-corrected chi connectivity index (χ4v) is 2.36. The molecule has 0 spiro atoms. The van der Waals surface area contributed by atoms with E-state index in [0.29, 0.717) is 18.4 Å². The van der Waals surface area contributed by atoms with Crippen LogP contribution in [0.2, 0.25) is 0 Å². The lowest BCUT2D eigenvalue weighted by Crippen LogP contribution is -2.51. The van der Waals surface area contributed by atoms with Crippen LogP contribution >= 0.6 is 0 Å². The molecule has 0 unspecified atom stereocenters. The van der Waals surface area contributed by atoms with Gasteiger partial charge in [0.2, 0.25) is 5.91 Å². The van der Waals surface area contributed by atoms with E-state index in [4.69, 9.17) is 0 Å². The zero-order chi connectivity index (χ0) is 14.7. The Kier molecular flexibility index (Phi) is 4.57. The van der Waals surface area contributed by atoms with Gasteiger partial charge in [-0.3, -0.25) is 4.79 Å². The Balaban J connectivity index is 2.05. The van der Waals surface area contributed by atoms with E-state index in [1.54, 1.807) is 6.20 Å². The van der Waals surface area contributed by atoms with E-state index in [1.807, 2.05) is 15.9 Å². The highest BCUT2D eigenvalue weighted by Gasteiger charge is 2.25. The number of rotatable bonds is 4. The van der Waals surface area contributed by atoms with Gasteiger partial charge in [0.05, 0.1) is 6.54 Å². The molecule has 0 N–H and O–H groups in total. The molecule has 0 aliphatic carbocycles. The molecule has 1 aromatic rings. The van der Waals surface area contributed by atoms with Crippen molar-refractivity contribution in [2.75, 3.05) is 31.1 Å². The third-order valence-corrected chi connectivity index (χ3v) is 3.40. The van der Waals surface area contributed by atoms with Crippen LogP contribution in [0.1, 0.15) is 39.4 Å². The molecule has 2 heterocycles. The maximum Gasteiger partial charge on any atom is 0.242 e. The summed E-state index contributed by atoms with van der Waals surface area (Å²) in [7, 11) is 0. The largest absolute Gasteiger partial charge is 0.345 e. The van der Waals surface area contributed by atoms with Crippen LogP contribution in [-0.4, -0.2) is 47.0 Å². The predicted molar refractivity (Wildman–Crippen MR) is 79.8 cm³/mol. The number of aromatic nitrogens is 2. The summed E-state index contributed by atoms with van der Waals surface area (Å²) in [4.78, 5) is 25.0. The zero-order valence-electron chi connectivity index (χ0n) is 12.8. The average Bonchev–Trinajstić information content (AvgIpc) is 2.40. The summed E-state index contributed by atoms with van der Waals surface area (Å²) < 4.78 is 0. The smallest absolute Gasteiger partial charge is 0.242 e. The second-order valence-corrected chi connectivity index (χ2v) is 6.08. The summed E-state index contributed by atoms with van der Waals surface area (Å²) in [6.45, 7) is 11.3. The zero-order valence-corrected chi connectivity index (χ0v) is 12.8. The average molecular weight is 276 g/mol. The number of hydrogen-bond acceptors (Lipinski definition) is 4. The van der Waals surface area contributed by atoms with Gasteiger partial charge in [0.15, 0.2) is 0 Å². The first-order valence-corrected chi connectivity index (χ1v) is 7.33. The normalized spacial score (nSPS) is 16.4. The lowest BCUT2D eigenvalue weighted by Gasteiger charge is -2.35. The molecule has 5 nitrogen and oxygen atoms in total. The Labute approximate surface area is 121 Å². The molecule has 20 heavy (non-hydrogen) atoms. The van der Waals surface area contributed by atoms with Crippen LogP contribution in [0.4, 0.5) is 5.82 Å². The van der Waals surface area contributed by atoms with Crippen molar-refractivity contribution in [3.8, 4) is 0 Å². The van der Waals surface area contributed by atoms with Gasteiger partial charge in [-0.2, -0.15) is 0 Å². The van der Waals surface area contributed by atoms with Crippen LogP contribution < -0.4 is 4.90 Å². The SMILES string of the molecule is CC(C)CN1CCN(c2ccnc(C(C)C)n2)CC1=O. The van der Waals surface area contributed by atoms with Crippen molar-refractivity contribution >= 4 is 11.7 Å². The minimum Gasteiger partial charge on any atom is -0.345 e. The topological polar surface area (TPSA) is 49.3 Å². The molecular weight excluding hydrogens is 252 g/mol. The minimum atomic E-state index is 0.189. The fourth-order valence-electron chi connectivity index (χ4n) is 2.36. The molecule has 1 aliphatic heterocycles. The van der Waals surface area contributed by atoms with E-state index >= 15 is 0 Å². The Morgan fingerprint density at radius 3 is 2.60 bits per heavy atom. The van der Waals surface area contributed by atoms with Crippen molar-refractivity contribution in [1.82, 2.24) is 14.9 Å². The van der Waals surface area contributed by atoms with Crippen molar-refractivity contribution in [2.45, 2.75) is 33.6 Å². The van der Waals surface area contributed by atoms with Gasteiger partial charge in [0.25, 0.3) is 0 Å². The lowest BCUT2D eigenvalue weighted by atomic mass is 10.2. The summed E-state index contributed by atoms with van der Waals surface area (Å²) in [5, 5.41) is 0. The highest BCUT2D eigenvalue weighted by atomic mass is 16.2. The highest BCUT2D eigenvalue weighted by molar-refractivity contribution is 5.82. The molecule has 2 rings (SSSR count). The first-order chi connectivity index (χ1) is 9.47. The first-order valence-electron chi connectivity index (χ1n) is 7.33. The van der Waals surface area contributed by atoms with E-state index in [2.05, 4.69) is 37.7 Å². The molecule has 0 atom stereocenters. The molecule has 1 aliphatic rings. The molecular formula is C15H24N4O. The Morgan fingerprint density at radius 1 is 1.25 bits per heavy atom. The molecule has 0 aromatic carbocycles. The second-order valence-electron chi connectivity index (χ2n) is 6.08. The van der Waals surface area contributed by atoms with E-state index in [9.17, 15) is 4.79 Å². The summed E-state index contributed by atoms with van der Waals surface area (Å²) in [6.07, 6.45) is 1.78. The van der Waals surface area contributed by atoms with Gasteiger partial charge in [-0.15, -0.1) is 0 Å². The molecule has 0 radical (unpaired) electrons. The van der Waals surface area contributed by atoms with E-state index in [-0.39, 0.29) is 5.91 Å². The van der Waals surface area contributed by atoms with Gasteiger partial charge in [-0.05, 0) is 12.0 Å². The number of carbonyl (C=O) groups is 1. The van der Waals surface area contributed by atoms with Gasteiger partial charge >= 0.3 is 0 Å². The van der Waals surface area contributed by atoms with Crippen LogP contribution in [0.3, 0.4) is 0 Å². The molecule has 5 heteroatoms. The van der Waals surface area contributed by atoms with E-state index in [0.717, 1.165) is 31.3 Å². The van der Waals surface area contributed by atoms with Gasteiger partial charge in [0.1, 0.15) is 11.6 Å². The molecule has 1 saturated heterocycles. The molecule has 0 saturated carbocycles. The molecule has 1 aromatic heterocycles. The summed E-state index contributed by atoms with van der Waals surface area (Å²) in [5.74, 6) is 2.69. The fraction of sp³-hybridized carbons (Fsp3) is 0.667. The second kappa shape index (κ2) is 6.20. The molecule has 0 bridgehead atoms. The quantitative estimate of drug-likeness (QED) is 0.843. The molecule has 1 amide bonds. The lowest BCUT2D eigenvalue weighted by molar-refractivity contribution is -0.131. The number of piperazine rings is 1. The Bertz CT molecular complexity index is 473. The maximum absolute atomic E-state index is 12.2. The summed E-state index contributed by atoms with van der Waals surface area (Å²) >= 11 is 0. The third kappa shape index (κ3) is 3.46. The van der Waals surface area contributed by atoms with Gasteiger partial charge in [0, 0.05) is 31.7 Å². The summed E-state index contributed by atoms with van der Waals surface area (Å²) in [6, 6.07) is 1.89. The van der Waals surface area contributed by atoms with Crippen molar-refractivity contribution in [2.24, 2.45) is 5.92 Å². The van der Waals surface area contributed by atoms with Crippen molar-refractivity contribution in [3.05, 3.63) is 18.1 Å². The highest BCUT2D eigenvalue weighted by Crippen LogP contribution is 2.17. The minimum absolute atomic E-state index is 0.189. The van der Waals surface area contributed by atoms with Crippen molar-refractivity contribution in [3.63, 3.8) is 0 Å². The number of nitrogens with zero attached hydrogens (tertiary/aromatic N) is 4. The predicted octanol–water partition coefficient (Wildman–Crippen LogP) is 1.90. The summed E-state index contributed by atoms with van der Waals surface area (Å²) in [5.41, 5.74) is 0. The molecule has 1 fully saturated rings. The molecule has 110 valence electrons. The number of carbonyl (C=O) groups excluding carboxylic acids is 1. The van der Waals surface area contributed by atoms with Crippen LogP contribution in [0.25, 0.3) is 0 Å². The maximum atomic E-state index is 12.2. The first kappa shape index (κ1) is 14.8. The van der Waals surface area contributed by atoms with Crippen molar-refractivity contribution < 1.29 is 4.79 Å². The Hall–Kier alpha value is -1.65. The number of anilines is 1. The van der Waals surface area contributed by atoms with Crippen molar-refractivity contribution in [1.29, 1.82) is 0 Å². The van der Waals surface area contributed by atoms with E-state index < -0.39 is 0 Å². The van der Waals surface area contributed by atoms with Crippen LogP contribution in [-0.2, 0) is 4.79 Å². The standard InChI is InChI=1S/C15H24N4O/c1-11(2)9-19-8-7-18(10-14(19)20)13-5-6-16-15(17-13)12(3)4/h5-6,11-12H,7-10H2,1-4H3.